The molecule has 5 rings (SSSR count). The lowest BCUT2D eigenvalue weighted by atomic mass is 9.96. The highest BCUT2D eigenvalue weighted by atomic mass is 79.9. The monoisotopic (exact) mass is 448 g/mol. The van der Waals surface area contributed by atoms with Crippen molar-refractivity contribution >= 4 is 38.3 Å². The lowest BCUT2D eigenvalue weighted by Crippen LogP contribution is -2.14. The van der Waals surface area contributed by atoms with Crippen molar-refractivity contribution in [1.29, 1.82) is 0 Å². The molecular formula is C22H14BrFN4O. The Morgan fingerprint density at radius 1 is 1.07 bits per heavy atom. The van der Waals surface area contributed by atoms with E-state index in [1.807, 2.05) is 36.4 Å². The Labute approximate surface area is 173 Å². The quantitative estimate of drug-likeness (QED) is 0.494. The summed E-state index contributed by atoms with van der Waals surface area (Å²) in [5.41, 5.74) is 9.10. The third-order valence-electron chi connectivity index (χ3n) is 5.08. The molecule has 0 unspecified atom stereocenters. The van der Waals surface area contributed by atoms with Crippen LogP contribution in [0.3, 0.4) is 0 Å². The molecule has 0 aliphatic carbocycles. The molecule has 5 nitrogen and oxygen atoms in total. The second kappa shape index (κ2) is 6.63. The minimum atomic E-state index is -0.619. The molecule has 1 aliphatic heterocycles. The van der Waals surface area contributed by atoms with Crippen LogP contribution < -0.4 is 5.73 Å². The second-order valence-corrected chi connectivity index (χ2v) is 7.57. The minimum Gasteiger partial charge on any atom is -0.364 e. The number of aromatic nitrogens is 2. The number of hydrogen-bond acceptors (Lipinski definition) is 3. The predicted molar refractivity (Wildman–Crippen MR) is 113 cm³/mol. The number of carbonyl (C=O) groups is 1. The zero-order valence-corrected chi connectivity index (χ0v) is 16.6. The highest BCUT2D eigenvalue weighted by Gasteiger charge is 2.26. The summed E-state index contributed by atoms with van der Waals surface area (Å²) in [5.74, 6) is -0.955. The summed E-state index contributed by atoms with van der Waals surface area (Å²) in [7, 11) is 0. The molecule has 4 aromatic rings. The molecule has 142 valence electrons. The van der Waals surface area contributed by atoms with Crippen molar-refractivity contribution in [3.05, 3.63) is 93.7 Å². The van der Waals surface area contributed by atoms with Crippen LogP contribution in [0.25, 0.3) is 16.5 Å². The standard InChI is InChI=1S/C22H14BrFN4O/c23-16-8-4-3-7-14(16)19-15-9-17(24)12-5-1-2-6-13(12)21(15)28-11-27-20(22(25)29)18(28)10-26-19/h1-9,11H,10H2,(H2,25,29). The van der Waals surface area contributed by atoms with Gasteiger partial charge in [-0.3, -0.25) is 14.4 Å². The fourth-order valence-corrected chi connectivity index (χ4v) is 4.27. The van der Waals surface area contributed by atoms with Crippen LogP contribution in [0.2, 0.25) is 0 Å². The van der Waals surface area contributed by atoms with Gasteiger partial charge in [-0.2, -0.15) is 0 Å². The van der Waals surface area contributed by atoms with Crippen molar-refractivity contribution in [2.75, 3.05) is 0 Å². The Morgan fingerprint density at radius 2 is 1.79 bits per heavy atom. The molecule has 2 N–H and O–H groups in total. The summed E-state index contributed by atoms with van der Waals surface area (Å²) in [6, 6.07) is 16.4. The molecule has 0 radical (unpaired) electrons. The van der Waals surface area contributed by atoms with E-state index in [0.717, 1.165) is 15.7 Å². The average Bonchev–Trinajstić information content (AvgIpc) is 3.07. The number of amides is 1. The summed E-state index contributed by atoms with van der Waals surface area (Å²) in [4.78, 5) is 20.9. The van der Waals surface area contributed by atoms with Crippen LogP contribution in [-0.2, 0) is 6.54 Å². The molecule has 2 heterocycles. The fourth-order valence-electron chi connectivity index (χ4n) is 3.80. The van der Waals surface area contributed by atoms with Gasteiger partial charge >= 0.3 is 0 Å². The Bertz CT molecular complexity index is 1340. The number of aliphatic imine (C=N–C) groups is 1. The van der Waals surface area contributed by atoms with Gasteiger partial charge in [0.15, 0.2) is 5.69 Å². The van der Waals surface area contributed by atoms with Crippen molar-refractivity contribution in [3.8, 4) is 5.69 Å². The van der Waals surface area contributed by atoms with Crippen LogP contribution >= 0.6 is 15.9 Å². The number of halogens is 2. The molecule has 0 saturated carbocycles. The van der Waals surface area contributed by atoms with Gasteiger partial charge in [0.2, 0.25) is 0 Å². The molecule has 0 atom stereocenters. The zero-order valence-electron chi connectivity index (χ0n) is 15.1. The minimum absolute atomic E-state index is 0.168. The van der Waals surface area contributed by atoms with Crippen molar-refractivity contribution in [1.82, 2.24) is 9.55 Å². The second-order valence-electron chi connectivity index (χ2n) is 6.72. The van der Waals surface area contributed by atoms with E-state index >= 15 is 4.39 Å². The molecule has 0 bridgehead atoms. The van der Waals surface area contributed by atoms with Gasteiger partial charge in [0, 0.05) is 26.4 Å². The molecular weight excluding hydrogens is 435 g/mol. The van der Waals surface area contributed by atoms with Gasteiger partial charge in [0.05, 0.1) is 23.6 Å². The van der Waals surface area contributed by atoms with E-state index in [2.05, 4.69) is 20.9 Å². The van der Waals surface area contributed by atoms with Gasteiger partial charge < -0.3 is 5.73 Å². The van der Waals surface area contributed by atoms with Crippen LogP contribution in [0.15, 0.2) is 70.4 Å². The maximum Gasteiger partial charge on any atom is 0.269 e. The Kier molecular flexibility index (Phi) is 4.06. The van der Waals surface area contributed by atoms with E-state index in [0.29, 0.717) is 27.7 Å². The van der Waals surface area contributed by atoms with Crippen molar-refractivity contribution in [3.63, 3.8) is 0 Å². The smallest absolute Gasteiger partial charge is 0.269 e. The summed E-state index contributed by atoms with van der Waals surface area (Å²) < 4.78 is 17.7. The van der Waals surface area contributed by atoms with Gasteiger partial charge in [0.1, 0.15) is 12.1 Å². The van der Waals surface area contributed by atoms with Crippen molar-refractivity contribution < 1.29 is 9.18 Å². The van der Waals surface area contributed by atoms with Gasteiger partial charge in [-0.15, -0.1) is 0 Å². The highest BCUT2D eigenvalue weighted by Crippen LogP contribution is 2.35. The summed E-state index contributed by atoms with van der Waals surface area (Å²) in [5, 5.41) is 1.19. The Balaban J connectivity index is 1.93. The number of hydrogen-bond donors (Lipinski definition) is 1. The molecule has 0 saturated heterocycles. The van der Waals surface area contributed by atoms with E-state index in [9.17, 15) is 4.79 Å². The van der Waals surface area contributed by atoms with Gasteiger partial charge in [-0.05, 0) is 12.1 Å². The SMILES string of the molecule is NC(=O)c1ncn2c1CN=C(c1ccccc1Br)c1cc(F)c3ccccc3c1-2. The van der Waals surface area contributed by atoms with Crippen LogP contribution in [-0.4, -0.2) is 21.2 Å². The van der Waals surface area contributed by atoms with E-state index in [-0.39, 0.29) is 18.1 Å². The largest absolute Gasteiger partial charge is 0.364 e. The summed E-state index contributed by atoms with van der Waals surface area (Å²) in [6.45, 7) is 0.194. The summed E-state index contributed by atoms with van der Waals surface area (Å²) in [6.07, 6.45) is 1.55. The maximum absolute atomic E-state index is 15.0. The molecule has 0 fully saturated rings. The number of primary amides is 1. The van der Waals surface area contributed by atoms with Gasteiger partial charge in [-0.1, -0.05) is 58.4 Å². The first-order valence-electron chi connectivity index (χ1n) is 8.93. The number of benzene rings is 3. The number of nitrogens with two attached hydrogens (primary N) is 1. The number of imidazole rings is 1. The number of nitrogens with zero attached hydrogens (tertiary/aromatic N) is 3. The maximum atomic E-state index is 15.0. The van der Waals surface area contributed by atoms with Gasteiger partial charge in [0.25, 0.3) is 5.91 Å². The zero-order chi connectivity index (χ0) is 20.1. The fraction of sp³-hybridized carbons (Fsp3) is 0.0455. The van der Waals surface area contributed by atoms with Gasteiger partial charge in [-0.25, -0.2) is 9.37 Å². The molecule has 29 heavy (non-hydrogen) atoms. The molecule has 1 amide bonds. The topological polar surface area (TPSA) is 73.3 Å². The number of fused-ring (bicyclic) bond motifs is 5. The van der Waals surface area contributed by atoms with E-state index < -0.39 is 5.91 Å². The van der Waals surface area contributed by atoms with Crippen LogP contribution in [0, 0.1) is 5.82 Å². The molecule has 3 aromatic carbocycles. The highest BCUT2D eigenvalue weighted by molar-refractivity contribution is 9.10. The van der Waals surface area contributed by atoms with Crippen LogP contribution in [0.1, 0.15) is 27.3 Å². The molecule has 7 heteroatoms. The number of carbonyl (C=O) groups excluding carboxylic acids is 1. The van der Waals surface area contributed by atoms with Crippen LogP contribution in [0.5, 0.6) is 0 Å². The van der Waals surface area contributed by atoms with Crippen molar-refractivity contribution in [2.45, 2.75) is 6.54 Å². The van der Waals surface area contributed by atoms with E-state index in [4.69, 9.17) is 10.7 Å². The predicted octanol–water partition coefficient (Wildman–Crippen LogP) is 4.38. The molecule has 1 aliphatic rings. The van der Waals surface area contributed by atoms with Crippen molar-refractivity contribution in [2.24, 2.45) is 10.7 Å². The van der Waals surface area contributed by atoms with E-state index in [1.165, 1.54) is 6.07 Å². The van der Waals surface area contributed by atoms with E-state index in [1.54, 1.807) is 23.0 Å². The lowest BCUT2D eigenvalue weighted by molar-refractivity contribution is 0.0995. The third-order valence-corrected chi connectivity index (χ3v) is 5.77. The molecule has 0 spiro atoms. The average molecular weight is 449 g/mol. The number of rotatable bonds is 2. The Hall–Kier alpha value is -3.32. The normalized spacial score (nSPS) is 12.8. The third kappa shape index (κ3) is 2.69. The first-order chi connectivity index (χ1) is 14.1. The van der Waals surface area contributed by atoms with Crippen LogP contribution in [0.4, 0.5) is 4.39 Å². The Morgan fingerprint density at radius 3 is 2.55 bits per heavy atom. The summed E-state index contributed by atoms with van der Waals surface area (Å²) >= 11 is 3.57. The first kappa shape index (κ1) is 17.8. The molecule has 1 aromatic heterocycles. The lowest BCUT2D eigenvalue weighted by Gasteiger charge is -2.16. The first-order valence-corrected chi connectivity index (χ1v) is 9.73.